The molecule has 0 aliphatic carbocycles. The van der Waals surface area contributed by atoms with Crippen molar-refractivity contribution in [1.82, 2.24) is 4.98 Å². The first-order valence-electron chi connectivity index (χ1n) is 7.03. The smallest absolute Gasteiger partial charge is 0.298 e. The molecule has 0 saturated carbocycles. The molecule has 0 fully saturated rings. The standard InChI is InChI=1S/C17H10BrF3N2OS/c18-13-7-2-1-6-12(13)15(24)23-16-22-14(9-25-16)10-4-3-5-11(8-10)17(19,20)21/h1-9H,(H,22,23,24). The molecule has 8 heteroatoms. The van der Waals surface area contributed by atoms with Crippen molar-refractivity contribution < 1.29 is 18.0 Å². The lowest BCUT2D eigenvalue weighted by atomic mass is 10.1. The number of halogens is 4. The van der Waals surface area contributed by atoms with Crippen LogP contribution in [0.25, 0.3) is 11.3 Å². The molecule has 1 N–H and O–H groups in total. The molecule has 0 aliphatic rings. The number of nitrogens with zero attached hydrogens (tertiary/aromatic N) is 1. The van der Waals surface area contributed by atoms with Gasteiger partial charge in [-0.05, 0) is 40.2 Å². The van der Waals surface area contributed by atoms with Gasteiger partial charge in [-0.15, -0.1) is 11.3 Å². The summed E-state index contributed by atoms with van der Waals surface area (Å²) in [5.41, 5.74) is 0.418. The Kier molecular flexibility index (Phi) is 4.91. The number of anilines is 1. The van der Waals surface area contributed by atoms with Crippen LogP contribution in [0.1, 0.15) is 15.9 Å². The van der Waals surface area contributed by atoms with Gasteiger partial charge in [-0.3, -0.25) is 10.1 Å². The first-order chi connectivity index (χ1) is 11.8. The van der Waals surface area contributed by atoms with Crippen molar-refractivity contribution in [2.45, 2.75) is 6.18 Å². The van der Waals surface area contributed by atoms with Crippen LogP contribution in [0.15, 0.2) is 58.4 Å². The third kappa shape index (κ3) is 4.08. The number of rotatable bonds is 3. The Balaban J connectivity index is 1.82. The second-order valence-electron chi connectivity index (χ2n) is 5.05. The zero-order valence-corrected chi connectivity index (χ0v) is 14.9. The molecule has 0 spiro atoms. The Bertz CT molecular complexity index is 924. The average molecular weight is 427 g/mol. The van der Waals surface area contributed by atoms with Crippen LogP contribution in [0, 0.1) is 0 Å². The molecule has 3 aromatic rings. The molecule has 0 bridgehead atoms. The predicted octanol–water partition coefficient (Wildman–Crippen LogP) is 5.84. The lowest BCUT2D eigenvalue weighted by molar-refractivity contribution is -0.137. The van der Waals surface area contributed by atoms with Gasteiger partial charge < -0.3 is 0 Å². The molecule has 0 saturated heterocycles. The highest BCUT2D eigenvalue weighted by atomic mass is 79.9. The molecule has 128 valence electrons. The molecule has 0 atom stereocenters. The second kappa shape index (κ2) is 6.97. The molecule has 0 unspecified atom stereocenters. The number of carbonyl (C=O) groups excluding carboxylic acids is 1. The fourth-order valence-corrected chi connectivity index (χ4v) is 3.31. The Labute approximate surface area is 153 Å². The van der Waals surface area contributed by atoms with E-state index in [9.17, 15) is 18.0 Å². The lowest BCUT2D eigenvalue weighted by Gasteiger charge is -2.07. The predicted molar refractivity (Wildman–Crippen MR) is 94.6 cm³/mol. The third-order valence-electron chi connectivity index (χ3n) is 3.33. The van der Waals surface area contributed by atoms with Crippen molar-refractivity contribution >= 4 is 38.3 Å². The summed E-state index contributed by atoms with van der Waals surface area (Å²) in [5.74, 6) is -0.350. The molecule has 1 amide bonds. The number of aromatic nitrogens is 1. The van der Waals surface area contributed by atoms with E-state index in [0.29, 0.717) is 26.4 Å². The molecule has 1 aromatic heterocycles. The molecular formula is C17H10BrF3N2OS. The summed E-state index contributed by atoms with van der Waals surface area (Å²) in [6.45, 7) is 0. The van der Waals surface area contributed by atoms with E-state index in [1.165, 1.54) is 6.07 Å². The number of amides is 1. The van der Waals surface area contributed by atoms with Crippen LogP contribution >= 0.6 is 27.3 Å². The molecule has 2 aromatic carbocycles. The molecule has 0 radical (unpaired) electrons. The van der Waals surface area contributed by atoms with Gasteiger partial charge in [0.25, 0.3) is 5.91 Å². The Morgan fingerprint density at radius 3 is 2.60 bits per heavy atom. The minimum atomic E-state index is -4.41. The van der Waals surface area contributed by atoms with E-state index < -0.39 is 11.7 Å². The Morgan fingerprint density at radius 2 is 1.88 bits per heavy atom. The maximum atomic E-state index is 12.8. The van der Waals surface area contributed by atoms with Gasteiger partial charge >= 0.3 is 6.18 Å². The number of carbonyl (C=O) groups is 1. The summed E-state index contributed by atoms with van der Waals surface area (Å²) >= 11 is 4.44. The van der Waals surface area contributed by atoms with Crippen LogP contribution in [0.2, 0.25) is 0 Å². The largest absolute Gasteiger partial charge is 0.416 e. The van der Waals surface area contributed by atoms with Crippen LogP contribution in [0.5, 0.6) is 0 Å². The van der Waals surface area contributed by atoms with Gasteiger partial charge in [-0.2, -0.15) is 13.2 Å². The number of nitrogens with one attached hydrogen (secondary N) is 1. The number of hydrogen-bond donors (Lipinski definition) is 1. The fraction of sp³-hybridized carbons (Fsp3) is 0.0588. The van der Waals surface area contributed by atoms with Crippen LogP contribution in [0.3, 0.4) is 0 Å². The molecule has 0 aliphatic heterocycles. The quantitative estimate of drug-likeness (QED) is 0.571. The van der Waals surface area contributed by atoms with Crippen molar-refractivity contribution in [3.05, 3.63) is 69.5 Å². The first kappa shape index (κ1) is 17.6. The van der Waals surface area contributed by atoms with Crippen LogP contribution in [-0.2, 0) is 6.18 Å². The zero-order chi connectivity index (χ0) is 18.0. The minimum absolute atomic E-state index is 0.313. The summed E-state index contributed by atoms with van der Waals surface area (Å²) in [5, 5.41) is 4.57. The number of hydrogen-bond acceptors (Lipinski definition) is 3. The van der Waals surface area contributed by atoms with E-state index in [2.05, 4.69) is 26.2 Å². The van der Waals surface area contributed by atoms with Crippen LogP contribution in [-0.4, -0.2) is 10.9 Å². The average Bonchev–Trinajstić information content (AvgIpc) is 3.03. The molecule has 3 nitrogen and oxygen atoms in total. The van der Waals surface area contributed by atoms with Gasteiger partial charge in [-0.25, -0.2) is 4.98 Å². The van der Waals surface area contributed by atoms with Crippen molar-refractivity contribution in [3.63, 3.8) is 0 Å². The SMILES string of the molecule is O=C(Nc1nc(-c2cccc(C(F)(F)F)c2)cs1)c1ccccc1Br. The highest BCUT2D eigenvalue weighted by molar-refractivity contribution is 9.10. The second-order valence-corrected chi connectivity index (χ2v) is 6.76. The van der Waals surface area contributed by atoms with Gasteiger partial charge in [0.05, 0.1) is 16.8 Å². The van der Waals surface area contributed by atoms with E-state index in [4.69, 9.17) is 0 Å². The van der Waals surface area contributed by atoms with Gasteiger partial charge in [0.1, 0.15) is 0 Å². The van der Waals surface area contributed by atoms with Gasteiger partial charge in [0.15, 0.2) is 5.13 Å². The summed E-state index contributed by atoms with van der Waals surface area (Å²) in [7, 11) is 0. The number of alkyl halides is 3. The summed E-state index contributed by atoms with van der Waals surface area (Å²) < 4.78 is 39.1. The van der Waals surface area contributed by atoms with Crippen LogP contribution in [0.4, 0.5) is 18.3 Å². The zero-order valence-electron chi connectivity index (χ0n) is 12.5. The fourth-order valence-electron chi connectivity index (χ4n) is 2.13. The van der Waals surface area contributed by atoms with Gasteiger partial charge in [0, 0.05) is 15.4 Å². The molecular weight excluding hydrogens is 417 g/mol. The highest BCUT2D eigenvalue weighted by Crippen LogP contribution is 2.33. The maximum Gasteiger partial charge on any atom is 0.416 e. The summed E-state index contributed by atoms with van der Waals surface area (Å²) in [6, 6.07) is 11.8. The molecule has 1 heterocycles. The van der Waals surface area contributed by atoms with Crippen molar-refractivity contribution in [3.8, 4) is 11.3 Å². The summed E-state index contributed by atoms with van der Waals surface area (Å²) in [6.07, 6.45) is -4.41. The van der Waals surface area contributed by atoms with E-state index in [0.717, 1.165) is 23.5 Å². The normalized spacial score (nSPS) is 11.4. The first-order valence-corrected chi connectivity index (χ1v) is 8.71. The Morgan fingerprint density at radius 1 is 1.12 bits per heavy atom. The van der Waals surface area contributed by atoms with Crippen molar-refractivity contribution in [2.24, 2.45) is 0 Å². The Hall–Kier alpha value is -2.19. The molecule has 25 heavy (non-hydrogen) atoms. The van der Waals surface area contributed by atoms with E-state index in [1.54, 1.807) is 35.7 Å². The minimum Gasteiger partial charge on any atom is -0.298 e. The number of benzene rings is 2. The van der Waals surface area contributed by atoms with E-state index >= 15 is 0 Å². The van der Waals surface area contributed by atoms with Gasteiger partial charge in [-0.1, -0.05) is 24.3 Å². The van der Waals surface area contributed by atoms with Crippen LogP contribution < -0.4 is 5.32 Å². The third-order valence-corrected chi connectivity index (χ3v) is 4.78. The van der Waals surface area contributed by atoms with Crippen molar-refractivity contribution in [1.29, 1.82) is 0 Å². The van der Waals surface area contributed by atoms with Crippen molar-refractivity contribution in [2.75, 3.05) is 5.32 Å². The van der Waals surface area contributed by atoms with E-state index in [-0.39, 0.29) is 5.91 Å². The molecule has 3 rings (SSSR count). The van der Waals surface area contributed by atoms with Gasteiger partial charge in [0.2, 0.25) is 0 Å². The number of thiazole rings is 1. The lowest BCUT2D eigenvalue weighted by Crippen LogP contribution is -2.12. The monoisotopic (exact) mass is 426 g/mol. The highest BCUT2D eigenvalue weighted by Gasteiger charge is 2.30. The van der Waals surface area contributed by atoms with E-state index in [1.807, 2.05) is 0 Å². The maximum absolute atomic E-state index is 12.8. The summed E-state index contributed by atoms with van der Waals surface area (Å²) in [4.78, 5) is 16.4. The topological polar surface area (TPSA) is 42.0 Å².